The number of rotatable bonds is 4. The molecule has 1 heterocycles. The van der Waals surface area contributed by atoms with Crippen molar-refractivity contribution in [2.24, 2.45) is 0 Å². The van der Waals surface area contributed by atoms with Crippen molar-refractivity contribution in [1.29, 1.82) is 0 Å². The largest absolute Gasteiger partial charge is 0.385 e. The molecule has 7 heteroatoms. The molecule has 0 aliphatic carbocycles. The number of aliphatic hydroxyl groups is 2. The van der Waals surface area contributed by atoms with Gasteiger partial charge >= 0.3 is 0 Å². The van der Waals surface area contributed by atoms with Gasteiger partial charge in [0.05, 0.1) is 5.69 Å². The first-order chi connectivity index (χ1) is 10.6. The molecule has 6 nitrogen and oxygen atoms in total. The standard InChI is InChI=1S/C15H13IN4O2/c16-11-7-4-8-12(9-11)20-18-15(17-19-20)14(22)13(21)10-5-2-1-3-6-10/h1-9,13-14,21-22H. The normalized spacial score (nSPS) is 13.8. The summed E-state index contributed by atoms with van der Waals surface area (Å²) in [5, 5.41) is 32.3. The third-order valence-electron chi connectivity index (χ3n) is 3.17. The van der Waals surface area contributed by atoms with E-state index < -0.39 is 12.2 Å². The summed E-state index contributed by atoms with van der Waals surface area (Å²) >= 11 is 2.19. The fourth-order valence-corrected chi connectivity index (χ4v) is 2.55. The summed E-state index contributed by atoms with van der Waals surface area (Å²) in [6.45, 7) is 0. The molecule has 2 aromatic carbocycles. The molecule has 0 fully saturated rings. The first-order valence-electron chi connectivity index (χ1n) is 6.62. The smallest absolute Gasteiger partial charge is 0.206 e. The second kappa shape index (κ2) is 6.51. The molecule has 112 valence electrons. The number of aliphatic hydroxyl groups excluding tert-OH is 2. The van der Waals surface area contributed by atoms with E-state index in [9.17, 15) is 10.2 Å². The van der Waals surface area contributed by atoms with Crippen LogP contribution in [0.25, 0.3) is 5.69 Å². The maximum atomic E-state index is 10.2. The molecule has 0 saturated heterocycles. The monoisotopic (exact) mass is 408 g/mol. The zero-order valence-electron chi connectivity index (χ0n) is 11.4. The lowest BCUT2D eigenvalue weighted by Crippen LogP contribution is -2.12. The van der Waals surface area contributed by atoms with Crippen molar-refractivity contribution in [2.75, 3.05) is 0 Å². The summed E-state index contributed by atoms with van der Waals surface area (Å²) in [4.78, 5) is 1.33. The molecule has 3 rings (SSSR count). The molecule has 0 amide bonds. The van der Waals surface area contributed by atoms with Gasteiger partial charge in [0.1, 0.15) is 12.2 Å². The number of halogens is 1. The molecule has 0 saturated carbocycles. The van der Waals surface area contributed by atoms with Crippen molar-refractivity contribution >= 4 is 22.6 Å². The van der Waals surface area contributed by atoms with E-state index in [4.69, 9.17) is 0 Å². The topological polar surface area (TPSA) is 84.1 Å². The van der Waals surface area contributed by atoms with Gasteiger partial charge in [-0.1, -0.05) is 36.4 Å². The van der Waals surface area contributed by atoms with E-state index in [-0.39, 0.29) is 5.82 Å². The maximum absolute atomic E-state index is 10.2. The number of aromatic nitrogens is 4. The minimum absolute atomic E-state index is 0.0789. The number of hydrogen-bond acceptors (Lipinski definition) is 5. The van der Waals surface area contributed by atoms with Crippen LogP contribution in [0.1, 0.15) is 23.6 Å². The van der Waals surface area contributed by atoms with Crippen LogP contribution in [0.3, 0.4) is 0 Å². The lowest BCUT2D eigenvalue weighted by atomic mass is 10.0. The summed E-state index contributed by atoms with van der Waals surface area (Å²) < 4.78 is 1.04. The molecule has 0 spiro atoms. The SMILES string of the molecule is OC(c1ccccc1)C(O)c1nnn(-c2cccc(I)c2)n1. The third kappa shape index (κ3) is 3.16. The zero-order valence-corrected chi connectivity index (χ0v) is 13.6. The van der Waals surface area contributed by atoms with Crippen molar-refractivity contribution in [3.05, 3.63) is 69.6 Å². The highest BCUT2D eigenvalue weighted by Crippen LogP contribution is 2.26. The molecular formula is C15H13IN4O2. The lowest BCUT2D eigenvalue weighted by molar-refractivity contribution is 0.0117. The van der Waals surface area contributed by atoms with Gasteiger partial charge in [0.15, 0.2) is 0 Å². The maximum Gasteiger partial charge on any atom is 0.206 e. The third-order valence-corrected chi connectivity index (χ3v) is 3.84. The number of tetrazole rings is 1. The van der Waals surface area contributed by atoms with Gasteiger partial charge in [-0.3, -0.25) is 0 Å². The van der Waals surface area contributed by atoms with E-state index in [2.05, 4.69) is 38.0 Å². The Morgan fingerprint density at radius 3 is 2.45 bits per heavy atom. The molecule has 1 aromatic heterocycles. The highest BCUT2D eigenvalue weighted by Gasteiger charge is 2.24. The predicted molar refractivity (Wildman–Crippen MR) is 88.2 cm³/mol. The van der Waals surface area contributed by atoms with Gasteiger partial charge in [-0.25, -0.2) is 0 Å². The Morgan fingerprint density at radius 2 is 1.73 bits per heavy atom. The fraction of sp³-hybridized carbons (Fsp3) is 0.133. The summed E-state index contributed by atoms with van der Waals surface area (Å²) in [6, 6.07) is 16.5. The molecule has 22 heavy (non-hydrogen) atoms. The minimum Gasteiger partial charge on any atom is -0.385 e. The van der Waals surface area contributed by atoms with Crippen LogP contribution < -0.4 is 0 Å². The van der Waals surface area contributed by atoms with Crippen LogP contribution in [0.4, 0.5) is 0 Å². The van der Waals surface area contributed by atoms with Gasteiger partial charge in [-0.15, -0.1) is 15.0 Å². The Bertz CT molecular complexity index is 763. The van der Waals surface area contributed by atoms with Gasteiger partial charge in [0.25, 0.3) is 0 Å². The second-order valence-electron chi connectivity index (χ2n) is 4.72. The van der Waals surface area contributed by atoms with Crippen LogP contribution >= 0.6 is 22.6 Å². The second-order valence-corrected chi connectivity index (χ2v) is 5.96. The Labute approximate surface area is 140 Å². The molecule has 0 bridgehead atoms. The molecule has 2 N–H and O–H groups in total. The Hall–Kier alpha value is -1.84. The molecule has 2 unspecified atom stereocenters. The van der Waals surface area contributed by atoms with Crippen LogP contribution in [0.2, 0.25) is 0 Å². The summed E-state index contributed by atoms with van der Waals surface area (Å²) in [7, 11) is 0. The van der Waals surface area contributed by atoms with Crippen LogP contribution in [0.5, 0.6) is 0 Å². The Kier molecular flexibility index (Phi) is 4.46. The average molecular weight is 408 g/mol. The first kappa shape index (κ1) is 15.1. The Morgan fingerprint density at radius 1 is 0.955 bits per heavy atom. The van der Waals surface area contributed by atoms with Gasteiger partial charge in [0, 0.05) is 3.57 Å². The number of nitrogens with zero attached hydrogens (tertiary/aromatic N) is 4. The van der Waals surface area contributed by atoms with Crippen molar-refractivity contribution in [3.63, 3.8) is 0 Å². The Balaban J connectivity index is 1.84. The minimum atomic E-state index is -1.24. The van der Waals surface area contributed by atoms with E-state index in [1.807, 2.05) is 30.3 Å². The molecule has 2 atom stereocenters. The van der Waals surface area contributed by atoms with Crippen LogP contribution in [0, 0.1) is 3.57 Å². The molecule has 0 aliphatic rings. The highest BCUT2D eigenvalue weighted by atomic mass is 127. The van der Waals surface area contributed by atoms with Crippen molar-refractivity contribution in [3.8, 4) is 5.69 Å². The van der Waals surface area contributed by atoms with Crippen molar-refractivity contribution < 1.29 is 10.2 Å². The quantitative estimate of drug-likeness (QED) is 0.646. The highest BCUT2D eigenvalue weighted by molar-refractivity contribution is 14.1. The van der Waals surface area contributed by atoms with Gasteiger partial charge in [-0.2, -0.15) is 0 Å². The number of hydrogen-bond donors (Lipinski definition) is 2. The van der Waals surface area contributed by atoms with Crippen molar-refractivity contribution in [1.82, 2.24) is 20.2 Å². The predicted octanol–water partition coefficient (Wildman–Crippen LogP) is 2.03. The number of benzene rings is 2. The molecule has 0 aliphatic heterocycles. The van der Waals surface area contributed by atoms with E-state index >= 15 is 0 Å². The van der Waals surface area contributed by atoms with Gasteiger partial charge in [0.2, 0.25) is 5.82 Å². The summed E-state index contributed by atoms with van der Waals surface area (Å²) in [6.07, 6.45) is -2.34. The zero-order chi connectivity index (χ0) is 15.5. The summed E-state index contributed by atoms with van der Waals surface area (Å²) in [5.41, 5.74) is 1.34. The summed E-state index contributed by atoms with van der Waals surface area (Å²) in [5.74, 6) is 0.0789. The van der Waals surface area contributed by atoms with E-state index in [0.717, 1.165) is 9.26 Å². The molecular weight excluding hydrogens is 395 g/mol. The van der Waals surface area contributed by atoms with E-state index in [1.54, 1.807) is 24.3 Å². The van der Waals surface area contributed by atoms with E-state index in [1.165, 1.54) is 4.80 Å². The van der Waals surface area contributed by atoms with Crippen LogP contribution in [0.15, 0.2) is 54.6 Å². The fourth-order valence-electron chi connectivity index (χ4n) is 2.03. The molecule has 0 radical (unpaired) electrons. The van der Waals surface area contributed by atoms with Crippen LogP contribution in [-0.4, -0.2) is 30.4 Å². The van der Waals surface area contributed by atoms with E-state index in [0.29, 0.717) is 5.56 Å². The van der Waals surface area contributed by atoms with Gasteiger partial charge in [-0.05, 0) is 51.6 Å². The lowest BCUT2D eigenvalue weighted by Gasteiger charge is -2.14. The van der Waals surface area contributed by atoms with Crippen LogP contribution in [-0.2, 0) is 0 Å². The van der Waals surface area contributed by atoms with Gasteiger partial charge < -0.3 is 10.2 Å². The molecule has 3 aromatic rings. The average Bonchev–Trinajstić information content (AvgIpc) is 3.04. The first-order valence-corrected chi connectivity index (χ1v) is 7.70. The van der Waals surface area contributed by atoms with Crippen molar-refractivity contribution in [2.45, 2.75) is 12.2 Å².